The summed E-state index contributed by atoms with van der Waals surface area (Å²) in [7, 11) is 0. The zero-order valence-corrected chi connectivity index (χ0v) is 23.5. The molecule has 0 saturated carbocycles. The van der Waals surface area contributed by atoms with Gasteiger partial charge in [0.2, 0.25) is 5.91 Å². The smallest absolute Gasteiger partial charge is 0.336 e. The lowest BCUT2D eigenvalue weighted by molar-refractivity contribution is 0.0698. The molecule has 4 N–H and O–H groups in total. The van der Waals surface area contributed by atoms with Crippen molar-refractivity contribution in [1.82, 2.24) is 9.55 Å². The second kappa shape index (κ2) is 11.8. The van der Waals surface area contributed by atoms with E-state index in [0.29, 0.717) is 40.0 Å². The summed E-state index contributed by atoms with van der Waals surface area (Å²) in [6, 6.07) is 23.4. The Labute approximate surface area is 248 Å². The highest BCUT2D eigenvalue weighted by Crippen LogP contribution is 2.33. The summed E-state index contributed by atoms with van der Waals surface area (Å²) in [5, 5.41) is 13.3. The number of primary amides is 1. The number of hydrogen-bond acceptors (Lipinski definition) is 5. The number of piperidine rings is 1. The first-order valence-electron chi connectivity index (χ1n) is 14.2. The summed E-state index contributed by atoms with van der Waals surface area (Å²) in [6.07, 6.45) is 6.86. The molecule has 9 heteroatoms. The lowest BCUT2D eigenvalue weighted by Crippen LogP contribution is -2.29. The van der Waals surface area contributed by atoms with Crippen LogP contribution in [0.5, 0.6) is 0 Å². The third-order valence-electron chi connectivity index (χ3n) is 7.88. The topological polar surface area (TPSA) is 131 Å². The van der Waals surface area contributed by atoms with Crippen molar-refractivity contribution in [2.75, 3.05) is 23.3 Å². The summed E-state index contributed by atoms with van der Waals surface area (Å²) in [5.41, 5.74) is 11.2. The number of nitrogens with zero attached hydrogens (tertiary/aromatic N) is 3. The van der Waals surface area contributed by atoms with Crippen LogP contribution in [-0.2, 0) is 6.54 Å². The average molecular weight is 574 g/mol. The number of aromatic nitrogens is 2. The second-order valence-electron chi connectivity index (χ2n) is 10.7. The standard InChI is InChI=1S/C34H31N5O4/c35-32(40)23-12-14-36-30(19-23)28-20-25(38-15-2-1-3-16-38)10-11-29(28)37-33(41)24-7-4-6-22(18-24)21-39-17-13-26-27(34(42)43)8-5-9-31(26)39/h4-14,17-20H,1-3,15-16,21H2,(H2,35,40)(H,37,41)(H,42,43). The number of carboxylic acids is 1. The number of pyridine rings is 1. The Bertz CT molecular complexity index is 1860. The van der Waals surface area contributed by atoms with Gasteiger partial charge in [-0.3, -0.25) is 14.6 Å². The molecule has 1 aliphatic rings. The number of nitrogens with one attached hydrogen (secondary N) is 1. The Hall–Kier alpha value is -5.44. The lowest BCUT2D eigenvalue weighted by Gasteiger charge is -2.29. The highest BCUT2D eigenvalue weighted by atomic mass is 16.4. The molecule has 6 rings (SSSR count). The molecule has 0 spiro atoms. The first kappa shape index (κ1) is 27.7. The average Bonchev–Trinajstić information content (AvgIpc) is 3.44. The predicted molar refractivity (Wildman–Crippen MR) is 167 cm³/mol. The van der Waals surface area contributed by atoms with E-state index >= 15 is 0 Å². The number of nitrogens with two attached hydrogens (primary N) is 1. The van der Waals surface area contributed by atoms with Gasteiger partial charge in [0.05, 0.1) is 16.9 Å². The number of amides is 2. The van der Waals surface area contributed by atoms with E-state index in [0.717, 1.165) is 42.7 Å². The van der Waals surface area contributed by atoms with Crippen LogP contribution in [0.15, 0.2) is 91.3 Å². The molecule has 5 aromatic rings. The first-order chi connectivity index (χ1) is 20.9. The van der Waals surface area contributed by atoms with Crippen LogP contribution in [0.3, 0.4) is 0 Å². The van der Waals surface area contributed by atoms with Crippen LogP contribution in [0.1, 0.15) is 55.9 Å². The number of carboxylic acid groups (broad SMARTS) is 1. The van der Waals surface area contributed by atoms with Gasteiger partial charge in [-0.05, 0) is 85.5 Å². The van der Waals surface area contributed by atoms with E-state index in [1.807, 2.05) is 53.2 Å². The van der Waals surface area contributed by atoms with Gasteiger partial charge < -0.3 is 25.6 Å². The number of benzene rings is 3. The van der Waals surface area contributed by atoms with Crippen LogP contribution in [0.2, 0.25) is 0 Å². The van der Waals surface area contributed by atoms with Crippen LogP contribution in [0.25, 0.3) is 22.2 Å². The van der Waals surface area contributed by atoms with Crippen molar-refractivity contribution in [2.24, 2.45) is 5.73 Å². The van der Waals surface area contributed by atoms with Crippen molar-refractivity contribution in [3.05, 3.63) is 114 Å². The molecule has 3 aromatic carbocycles. The Morgan fingerprint density at radius 1 is 0.884 bits per heavy atom. The Morgan fingerprint density at radius 2 is 1.70 bits per heavy atom. The maximum Gasteiger partial charge on any atom is 0.336 e. The van der Waals surface area contributed by atoms with E-state index in [9.17, 15) is 19.5 Å². The fourth-order valence-corrected chi connectivity index (χ4v) is 5.68. The van der Waals surface area contributed by atoms with Crippen molar-refractivity contribution >= 4 is 40.1 Å². The molecular weight excluding hydrogens is 542 g/mol. The van der Waals surface area contributed by atoms with Gasteiger partial charge >= 0.3 is 5.97 Å². The van der Waals surface area contributed by atoms with Gasteiger partial charge in [-0.15, -0.1) is 0 Å². The molecule has 1 saturated heterocycles. The molecular formula is C34H31N5O4. The minimum Gasteiger partial charge on any atom is -0.478 e. The number of fused-ring (bicyclic) bond motifs is 1. The van der Waals surface area contributed by atoms with Crippen LogP contribution in [0.4, 0.5) is 11.4 Å². The summed E-state index contributed by atoms with van der Waals surface area (Å²) in [6.45, 7) is 2.38. The SMILES string of the molecule is NC(=O)c1ccnc(-c2cc(N3CCCCC3)ccc2NC(=O)c2cccc(Cn3ccc4c(C(=O)O)cccc43)c2)c1. The number of rotatable bonds is 8. The van der Waals surface area contributed by atoms with Crippen molar-refractivity contribution in [2.45, 2.75) is 25.8 Å². The zero-order valence-electron chi connectivity index (χ0n) is 23.5. The highest BCUT2D eigenvalue weighted by Gasteiger charge is 2.18. The first-order valence-corrected chi connectivity index (χ1v) is 14.2. The number of anilines is 2. The second-order valence-corrected chi connectivity index (χ2v) is 10.7. The fraction of sp³-hybridized carbons (Fsp3) is 0.176. The van der Waals surface area contributed by atoms with Gasteiger partial charge in [0.1, 0.15) is 0 Å². The van der Waals surface area contributed by atoms with E-state index in [1.165, 1.54) is 6.42 Å². The van der Waals surface area contributed by atoms with Gasteiger partial charge in [-0.1, -0.05) is 18.2 Å². The van der Waals surface area contributed by atoms with Gasteiger partial charge in [-0.25, -0.2) is 4.79 Å². The fourth-order valence-electron chi connectivity index (χ4n) is 5.68. The van der Waals surface area contributed by atoms with E-state index in [4.69, 9.17) is 5.73 Å². The van der Waals surface area contributed by atoms with E-state index < -0.39 is 11.9 Å². The molecule has 0 radical (unpaired) electrons. The van der Waals surface area contributed by atoms with Crippen molar-refractivity contribution in [3.8, 4) is 11.3 Å². The van der Waals surface area contributed by atoms with Crippen molar-refractivity contribution in [3.63, 3.8) is 0 Å². The molecule has 216 valence electrons. The minimum atomic E-state index is -0.970. The molecule has 0 atom stereocenters. The number of carbonyl (C=O) groups is 3. The third-order valence-corrected chi connectivity index (χ3v) is 7.88. The molecule has 0 bridgehead atoms. The normalized spacial score (nSPS) is 13.2. The predicted octanol–water partition coefficient (Wildman–Crippen LogP) is 5.79. The molecule has 1 aliphatic heterocycles. The summed E-state index contributed by atoms with van der Waals surface area (Å²) >= 11 is 0. The number of aromatic carboxylic acids is 1. The van der Waals surface area contributed by atoms with Crippen LogP contribution < -0.4 is 16.0 Å². The van der Waals surface area contributed by atoms with Crippen LogP contribution >= 0.6 is 0 Å². The van der Waals surface area contributed by atoms with Crippen molar-refractivity contribution in [1.29, 1.82) is 0 Å². The minimum absolute atomic E-state index is 0.252. The van der Waals surface area contributed by atoms with Gasteiger partial charge in [0.25, 0.3) is 5.91 Å². The largest absolute Gasteiger partial charge is 0.478 e. The third kappa shape index (κ3) is 5.83. The maximum atomic E-state index is 13.6. The molecule has 2 amide bonds. The monoisotopic (exact) mass is 573 g/mol. The van der Waals surface area contributed by atoms with Crippen LogP contribution in [-0.4, -0.2) is 45.5 Å². The summed E-state index contributed by atoms with van der Waals surface area (Å²) in [5.74, 6) is -1.81. The Kier molecular flexibility index (Phi) is 7.61. The van der Waals surface area contributed by atoms with E-state index in [1.54, 1.807) is 42.6 Å². The van der Waals surface area contributed by atoms with Gasteiger partial charge in [0.15, 0.2) is 0 Å². The quantitative estimate of drug-likeness (QED) is 0.215. The summed E-state index contributed by atoms with van der Waals surface area (Å²) in [4.78, 5) is 43.9. The summed E-state index contributed by atoms with van der Waals surface area (Å²) < 4.78 is 1.97. The highest BCUT2D eigenvalue weighted by molar-refractivity contribution is 6.07. The molecule has 0 aliphatic carbocycles. The van der Waals surface area contributed by atoms with E-state index in [-0.39, 0.29) is 11.5 Å². The van der Waals surface area contributed by atoms with Gasteiger partial charge in [0, 0.05) is 65.3 Å². The Balaban J connectivity index is 1.29. The number of hydrogen-bond donors (Lipinski definition) is 3. The zero-order chi connectivity index (χ0) is 29.9. The van der Waals surface area contributed by atoms with Crippen molar-refractivity contribution < 1.29 is 19.5 Å². The molecule has 1 fully saturated rings. The molecule has 9 nitrogen and oxygen atoms in total. The number of carbonyl (C=O) groups excluding carboxylic acids is 2. The molecule has 0 unspecified atom stereocenters. The maximum absolute atomic E-state index is 13.6. The van der Waals surface area contributed by atoms with Gasteiger partial charge in [-0.2, -0.15) is 0 Å². The molecule has 3 heterocycles. The molecule has 2 aromatic heterocycles. The Morgan fingerprint density at radius 3 is 2.49 bits per heavy atom. The molecule has 43 heavy (non-hydrogen) atoms. The lowest BCUT2D eigenvalue weighted by atomic mass is 10.0. The van der Waals surface area contributed by atoms with Crippen LogP contribution in [0, 0.1) is 0 Å². The van der Waals surface area contributed by atoms with E-state index in [2.05, 4.69) is 15.2 Å².